The predicted molar refractivity (Wildman–Crippen MR) is 70.8 cm³/mol. The van der Waals surface area contributed by atoms with Crippen LogP contribution in [0.5, 0.6) is 17.2 Å². The normalized spacial score (nSPS) is 11.4. The van der Waals surface area contributed by atoms with Crippen LogP contribution < -0.4 is 4.18 Å². The lowest BCUT2D eigenvalue weighted by molar-refractivity contribution is 0.0696. The van der Waals surface area contributed by atoms with Gasteiger partial charge in [-0.25, -0.2) is 26.7 Å². The number of carboxylic acid groups (broad SMARTS) is 1. The highest BCUT2D eigenvalue weighted by molar-refractivity contribution is 7.87. The molecule has 2 rings (SSSR count). The fraction of sp³-hybridized carbons (Fsp3) is 0. The molecule has 3 N–H and O–H groups in total. The summed E-state index contributed by atoms with van der Waals surface area (Å²) in [6.07, 6.45) is 0. The van der Waals surface area contributed by atoms with Gasteiger partial charge in [0, 0.05) is 6.07 Å². The zero-order valence-electron chi connectivity index (χ0n) is 11.9. The minimum atomic E-state index is -5.78. The van der Waals surface area contributed by atoms with Crippen LogP contribution in [0.2, 0.25) is 0 Å². The number of phenols is 2. The Kier molecular flexibility index (Phi) is 4.68. The molecule has 26 heavy (non-hydrogen) atoms. The van der Waals surface area contributed by atoms with Crippen molar-refractivity contribution in [3.8, 4) is 17.2 Å². The van der Waals surface area contributed by atoms with Gasteiger partial charge in [-0.3, -0.25) is 0 Å². The lowest BCUT2D eigenvalue weighted by atomic mass is 10.2. The molecule has 0 saturated carbocycles. The summed E-state index contributed by atoms with van der Waals surface area (Å²) in [5, 5.41) is 27.6. The van der Waals surface area contributed by atoms with Crippen LogP contribution in [0.1, 0.15) is 10.4 Å². The van der Waals surface area contributed by atoms with E-state index < -0.39 is 72.9 Å². The number of carbonyl (C=O) groups is 1. The predicted octanol–water partition coefficient (Wildman–Crippen LogP) is 2.26. The van der Waals surface area contributed by atoms with Crippen molar-refractivity contribution >= 4 is 16.1 Å². The summed E-state index contributed by atoms with van der Waals surface area (Å²) in [7, 11) is -5.78. The molecule has 13 heteroatoms. The van der Waals surface area contributed by atoms with E-state index in [4.69, 9.17) is 5.11 Å². The standard InChI is InChI=1S/C13H5F5O7S/c14-6-7(15)9(17)12(10(18)8(6)16)26(23,24)25-5-2-3(13(21)22)1-4(19)11(5)20/h1-2,19-20H,(H,21,22). The molecule has 0 aromatic heterocycles. The highest BCUT2D eigenvalue weighted by Gasteiger charge is 2.35. The fourth-order valence-corrected chi connectivity index (χ4v) is 2.81. The van der Waals surface area contributed by atoms with Gasteiger partial charge in [0.25, 0.3) is 0 Å². The van der Waals surface area contributed by atoms with Gasteiger partial charge in [0.15, 0.2) is 39.7 Å². The van der Waals surface area contributed by atoms with E-state index in [0.717, 1.165) is 0 Å². The molecule has 0 aliphatic rings. The van der Waals surface area contributed by atoms with Crippen LogP contribution in [-0.4, -0.2) is 29.7 Å². The molecule has 7 nitrogen and oxygen atoms in total. The van der Waals surface area contributed by atoms with Crippen LogP contribution in [0.3, 0.4) is 0 Å². The molecule has 0 bridgehead atoms. The van der Waals surface area contributed by atoms with Crippen molar-refractivity contribution in [1.29, 1.82) is 0 Å². The third kappa shape index (κ3) is 3.08. The number of phenolic OH excluding ortho intramolecular Hbond substituents is 2. The van der Waals surface area contributed by atoms with E-state index in [9.17, 15) is 45.4 Å². The lowest BCUT2D eigenvalue weighted by Gasteiger charge is -2.12. The van der Waals surface area contributed by atoms with Gasteiger partial charge in [0.05, 0.1) is 5.56 Å². The van der Waals surface area contributed by atoms with Crippen LogP contribution in [0.4, 0.5) is 22.0 Å². The number of hydrogen-bond donors (Lipinski definition) is 3. The van der Waals surface area contributed by atoms with Gasteiger partial charge in [0.1, 0.15) is 0 Å². The summed E-state index contributed by atoms with van der Waals surface area (Å²) in [4.78, 5) is 8.46. The molecule has 0 radical (unpaired) electrons. The summed E-state index contributed by atoms with van der Waals surface area (Å²) < 4.78 is 94.3. The van der Waals surface area contributed by atoms with E-state index in [-0.39, 0.29) is 0 Å². The van der Waals surface area contributed by atoms with Crippen molar-refractivity contribution in [1.82, 2.24) is 0 Å². The van der Waals surface area contributed by atoms with E-state index in [1.807, 2.05) is 0 Å². The number of rotatable bonds is 4. The molecule has 0 spiro atoms. The smallest absolute Gasteiger partial charge is 0.345 e. The molecule has 0 heterocycles. The molecular formula is C13H5F5O7S. The van der Waals surface area contributed by atoms with Gasteiger partial charge in [-0.2, -0.15) is 8.42 Å². The van der Waals surface area contributed by atoms with Crippen molar-refractivity contribution in [2.24, 2.45) is 0 Å². The van der Waals surface area contributed by atoms with Gasteiger partial charge >= 0.3 is 16.1 Å². The molecule has 2 aromatic rings. The lowest BCUT2D eigenvalue weighted by Crippen LogP contribution is -2.18. The number of aromatic hydroxyl groups is 2. The van der Waals surface area contributed by atoms with E-state index in [1.54, 1.807) is 0 Å². The SMILES string of the molecule is O=C(O)c1cc(O)c(O)c(OS(=O)(=O)c2c(F)c(F)c(F)c(F)c2F)c1. The number of benzene rings is 2. The summed E-state index contributed by atoms with van der Waals surface area (Å²) in [5.41, 5.74) is -0.817. The van der Waals surface area contributed by atoms with E-state index in [0.29, 0.717) is 12.1 Å². The largest absolute Gasteiger partial charge is 0.504 e. The zero-order valence-corrected chi connectivity index (χ0v) is 12.7. The van der Waals surface area contributed by atoms with Gasteiger partial charge in [0.2, 0.25) is 11.6 Å². The maximum absolute atomic E-state index is 13.6. The minimum Gasteiger partial charge on any atom is -0.504 e. The molecule has 0 fully saturated rings. The Balaban J connectivity index is 2.67. The number of halogens is 5. The summed E-state index contributed by atoms with van der Waals surface area (Å²) in [5.74, 6) is -18.8. The molecule has 0 aliphatic carbocycles. The molecular weight excluding hydrogens is 395 g/mol. The highest BCUT2D eigenvalue weighted by Crippen LogP contribution is 2.39. The molecule has 2 aromatic carbocycles. The first-order chi connectivity index (χ1) is 11.9. The monoisotopic (exact) mass is 400 g/mol. The maximum Gasteiger partial charge on any atom is 0.345 e. The van der Waals surface area contributed by atoms with Gasteiger partial charge in [-0.15, -0.1) is 0 Å². The Morgan fingerprint density at radius 3 is 1.81 bits per heavy atom. The molecule has 140 valence electrons. The highest BCUT2D eigenvalue weighted by atomic mass is 32.2. The number of aromatic carboxylic acids is 1. The Hall–Kier alpha value is -3.09. The van der Waals surface area contributed by atoms with Gasteiger partial charge < -0.3 is 19.5 Å². The fourth-order valence-electron chi connectivity index (χ4n) is 1.74. The molecule has 0 aliphatic heterocycles. The average Bonchev–Trinajstić information content (AvgIpc) is 2.54. The first kappa shape index (κ1) is 19.2. The van der Waals surface area contributed by atoms with E-state index >= 15 is 0 Å². The second-order valence-corrected chi connectivity index (χ2v) is 6.07. The third-order valence-electron chi connectivity index (χ3n) is 2.92. The minimum absolute atomic E-state index is 0.334. The van der Waals surface area contributed by atoms with Crippen molar-refractivity contribution in [2.75, 3.05) is 0 Å². The van der Waals surface area contributed by atoms with Crippen LogP contribution in [0.25, 0.3) is 0 Å². The third-order valence-corrected chi connectivity index (χ3v) is 4.18. The Labute approximate surface area is 140 Å². The first-order valence-electron chi connectivity index (χ1n) is 6.13. The topological polar surface area (TPSA) is 121 Å². The van der Waals surface area contributed by atoms with Crippen molar-refractivity contribution in [3.05, 3.63) is 46.8 Å². The van der Waals surface area contributed by atoms with Gasteiger partial charge in [-0.1, -0.05) is 0 Å². The summed E-state index contributed by atoms with van der Waals surface area (Å²) in [6.45, 7) is 0. The first-order valence-corrected chi connectivity index (χ1v) is 7.54. The van der Waals surface area contributed by atoms with Crippen LogP contribution >= 0.6 is 0 Å². The molecule has 0 atom stereocenters. The van der Waals surface area contributed by atoms with E-state index in [2.05, 4.69) is 4.18 Å². The quantitative estimate of drug-likeness (QED) is 0.237. The van der Waals surface area contributed by atoms with Gasteiger partial charge in [-0.05, 0) is 6.07 Å². The molecule has 0 unspecified atom stereocenters. The second kappa shape index (κ2) is 6.33. The Morgan fingerprint density at radius 1 is 0.885 bits per heavy atom. The van der Waals surface area contributed by atoms with Crippen molar-refractivity contribution in [3.63, 3.8) is 0 Å². The molecule has 0 amide bonds. The van der Waals surface area contributed by atoms with Crippen LogP contribution in [-0.2, 0) is 10.1 Å². The van der Waals surface area contributed by atoms with E-state index in [1.165, 1.54) is 0 Å². The molecule has 0 saturated heterocycles. The summed E-state index contributed by atoms with van der Waals surface area (Å²) >= 11 is 0. The van der Waals surface area contributed by atoms with Crippen molar-refractivity contribution in [2.45, 2.75) is 4.90 Å². The number of carboxylic acids is 1. The maximum atomic E-state index is 13.6. The summed E-state index contributed by atoms with van der Waals surface area (Å²) in [6, 6.07) is 0.816. The van der Waals surface area contributed by atoms with Crippen LogP contribution in [0.15, 0.2) is 17.0 Å². The average molecular weight is 400 g/mol. The number of hydrogen-bond acceptors (Lipinski definition) is 6. The second-order valence-electron chi connectivity index (χ2n) is 4.58. The zero-order chi connectivity index (χ0) is 20.0. The Bertz CT molecular complexity index is 1010. The van der Waals surface area contributed by atoms with Crippen LogP contribution in [0, 0.1) is 29.1 Å². The Morgan fingerprint density at radius 2 is 1.35 bits per heavy atom. The van der Waals surface area contributed by atoms with Crippen molar-refractivity contribution < 1.29 is 54.7 Å².